The number of fused-ring (bicyclic) bond motifs is 3. The summed E-state index contributed by atoms with van der Waals surface area (Å²) in [6.45, 7) is 3.67. The number of carbonyl (C=O) groups is 2. The molecule has 0 saturated carbocycles. The Hall–Kier alpha value is -5.19. The highest BCUT2D eigenvalue weighted by Crippen LogP contribution is 2.43. The summed E-state index contributed by atoms with van der Waals surface area (Å²) >= 11 is 11.9. The molecule has 1 aliphatic rings. The van der Waals surface area contributed by atoms with Crippen molar-refractivity contribution >= 4 is 72.9 Å². The molecule has 4 heterocycles. The number of aromatic nitrogens is 5. The number of nitrogens with zero attached hydrogens (tertiary/aromatic N) is 5. The molecule has 0 unspecified atom stereocenters. The molecule has 8 rings (SSSR count). The van der Waals surface area contributed by atoms with Crippen LogP contribution in [0.25, 0.3) is 32.8 Å². The summed E-state index contributed by atoms with van der Waals surface area (Å²) in [6, 6.07) is 21.0. The van der Waals surface area contributed by atoms with Crippen LogP contribution >= 0.6 is 39.3 Å². The SMILES string of the molecule is COC(=O)c1c(C)c2c(-c3c(CO)nn4c3COCC4)c(Cl)ccc2n1CCCOc1cc(SCc2cc(COC(=O)c3ccc(Br)cc3)nn2C)cc2cc(F)ccc12. The van der Waals surface area contributed by atoms with E-state index in [0.29, 0.717) is 94.0 Å². The van der Waals surface area contributed by atoms with Crippen LogP contribution in [0.2, 0.25) is 5.02 Å². The van der Waals surface area contributed by atoms with Gasteiger partial charge in [0, 0.05) is 66.8 Å². The van der Waals surface area contributed by atoms with Gasteiger partial charge >= 0.3 is 11.9 Å². The lowest BCUT2D eigenvalue weighted by atomic mass is 9.96. The van der Waals surface area contributed by atoms with E-state index < -0.39 is 11.9 Å². The average molecular weight is 917 g/mol. The van der Waals surface area contributed by atoms with Crippen molar-refractivity contribution in [2.75, 3.05) is 20.3 Å². The van der Waals surface area contributed by atoms with Crippen molar-refractivity contribution in [3.8, 4) is 16.9 Å². The number of aryl methyl sites for hydroxylation is 3. The molecule has 4 aromatic carbocycles. The number of ether oxygens (including phenoxy) is 4. The molecule has 60 heavy (non-hydrogen) atoms. The standard InChI is InChI=1S/C44H40BrClFN5O7S/c1-25-39-36(12-11-34(46)40(39)41-35(21-53)49-52-14-16-57-23-37(41)52)51(42(25)44(55)56-3)13-4-15-58-38-20-32(18-27-17-29(47)9-10-33(27)38)60-24-31-19-30(48-50(31)2)22-59-43(54)26-5-7-28(45)8-6-26/h5-12,17-20,53H,4,13-16,21-24H2,1-3H3. The largest absolute Gasteiger partial charge is 0.493 e. The number of benzene rings is 4. The molecule has 0 saturated heterocycles. The summed E-state index contributed by atoms with van der Waals surface area (Å²) in [5.74, 6) is -0.140. The third-order valence-electron chi connectivity index (χ3n) is 10.5. The first kappa shape index (κ1) is 41.5. The highest BCUT2D eigenvalue weighted by molar-refractivity contribution is 9.10. The molecule has 0 fully saturated rings. The first-order valence-electron chi connectivity index (χ1n) is 19.1. The molecule has 1 N–H and O–H groups in total. The summed E-state index contributed by atoms with van der Waals surface area (Å²) in [5.41, 5.74) is 6.51. The van der Waals surface area contributed by atoms with Gasteiger partial charge in [0.25, 0.3) is 0 Å². The van der Waals surface area contributed by atoms with Crippen molar-refractivity contribution in [1.29, 1.82) is 0 Å². The van der Waals surface area contributed by atoms with Crippen LogP contribution in [0.4, 0.5) is 4.39 Å². The third kappa shape index (κ3) is 8.28. The fourth-order valence-corrected chi connectivity index (χ4v) is 9.18. The quantitative estimate of drug-likeness (QED) is 0.0640. The molecular weight excluding hydrogens is 877 g/mol. The van der Waals surface area contributed by atoms with E-state index >= 15 is 0 Å². The Labute approximate surface area is 362 Å². The molecule has 12 nitrogen and oxygen atoms in total. The van der Waals surface area contributed by atoms with Crippen molar-refractivity contribution in [1.82, 2.24) is 24.1 Å². The minimum absolute atomic E-state index is 0.0295. The van der Waals surface area contributed by atoms with Gasteiger partial charge in [0.2, 0.25) is 0 Å². The molecule has 16 heteroatoms. The topological polar surface area (TPSA) is 132 Å². The van der Waals surface area contributed by atoms with E-state index in [1.807, 2.05) is 47.5 Å². The maximum atomic E-state index is 14.5. The van der Waals surface area contributed by atoms with Gasteiger partial charge in [0.1, 0.15) is 29.6 Å². The van der Waals surface area contributed by atoms with E-state index in [1.165, 1.54) is 19.2 Å². The highest BCUT2D eigenvalue weighted by atomic mass is 79.9. The number of esters is 2. The molecule has 0 amide bonds. The minimum atomic E-state index is -0.491. The molecule has 1 aliphatic heterocycles. The molecule has 0 spiro atoms. The highest BCUT2D eigenvalue weighted by Gasteiger charge is 2.29. The Kier molecular flexibility index (Phi) is 12.3. The van der Waals surface area contributed by atoms with Crippen LogP contribution in [-0.4, -0.2) is 61.5 Å². The van der Waals surface area contributed by atoms with E-state index in [9.17, 15) is 19.1 Å². The second-order valence-corrected chi connectivity index (χ2v) is 16.6. The first-order chi connectivity index (χ1) is 29.0. The van der Waals surface area contributed by atoms with E-state index in [1.54, 1.807) is 52.8 Å². The lowest BCUT2D eigenvalue weighted by molar-refractivity contribution is 0.0466. The predicted molar refractivity (Wildman–Crippen MR) is 230 cm³/mol. The van der Waals surface area contributed by atoms with Crippen LogP contribution in [0.5, 0.6) is 5.75 Å². The zero-order chi connectivity index (χ0) is 42.1. The Balaban J connectivity index is 1.01. The summed E-state index contributed by atoms with van der Waals surface area (Å²) < 4.78 is 43.9. The van der Waals surface area contributed by atoms with Gasteiger partial charge in [-0.1, -0.05) is 27.5 Å². The van der Waals surface area contributed by atoms with Crippen LogP contribution in [0, 0.1) is 12.7 Å². The maximum Gasteiger partial charge on any atom is 0.354 e. The molecule has 0 bridgehead atoms. The van der Waals surface area contributed by atoms with Gasteiger partial charge in [-0.25, -0.2) is 14.0 Å². The minimum Gasteiger partial charge on any atom is -0.493 e. The molecule has 7 aromatic rings. The summed E-state index contributed by atoms with van der Waals surface area (Å²) in [7, 11) is 3.19. The number of aliphatic hydroxyl groups excluding tert-OH is 1. The van der Waals surface area contributed by atoms with Crippen molar-refractivity contribution in [3.63, 3.8) is 0 Å². The van der Waals surface area contributed by atoms with Gasteiger partial charge in [-0.05, 0) is 97.1 Å². The van der Waals surface area contributed by atoms with E-state index in [2.05, 4.69) is 26.1 Å². The Morgan fingerprint density at radius 2 is 1.85 bits per heavy atom. The van der Waals surface area contributed by atoms with Crippen molar-refractivity contribution in [2.45, 2.75) is 56.9 Å². The smallest absolute Gasteiger partial charge is 0.354 e. The van der Waals surface area contributed by atoms with Gasteiger partial charge in [-0.2, -0.15) is 10.2 Å². The Morgan fingerprint density at radius 3 is 2.63 bits per heavy atom. The predicted octanol–water partition coefficient (Wildman–Crippen LogP) is 9.18. The summed E-state index contributed by atoms with van der Waals surface area (Å²) in [4.78, 5) is 26.8. The number of aliphatic hydroxyl groups is 1. The van der Waals surface area contributed by atoms with Gasteiger partial charge in [-0.3, -0.25) is 9.36 Å². The zero-order valence-electron chi connectivity index (χ0n) is 33.0. The van der Waals surface area contributed by atoms with Gasteiger partial charge < -0.3 is 28.6 Å². The maximum absolute atomic E-state index is 14.5. The molecule has 0 radical (unpaired) electrons. The fraction of sp³-hybridized carbons (Fsp3) is 0.273. The second kappa shape index (κ2) is 17.8. The van der Waals surface area contributed by atoms with E-state index in [4.69, 9.17) is 30.5 Å². The van der Waals surface area contributed by atoms with Crippen LogP contribution < -0.4 is 4.74 Å². The van der Waals surface area contributed by atoms with E-state index in [0.717, 1.165) is 37.0 Å². The van der Waals surface area contributed by atoms with Crippen molar-refractivity contribution < 1.29 is 38.0 Å². The molecule has 310 valence electrons. The molecule has 0 atom stereocenters. The van der Waals surface area contributed by atoms with Gasteiger partial charge in [0.05, 0.1) is 57.0 Å². The van der Waals surface area contributed by atoms with Crippen LogP contribution in [-0.2, 0) is 59.9 Å². The normalized spacial score (nSPS) is 12.6. The van der Waals surface area contributed by atoms with Crippen LogP contribution in [0.1, 0.15) is 55.6 Å². The average Bonchev–Trinajstić information content (AvgIpc) is 3.90. The third-order valence-corrected chi connectivity index (χ3v) is 12.3. The lowest BCUT2D eigenvalue weighted by Gasteiger charge is -2.17. The molecule has 3 aromatic heterocycles. The van der Waals surface area contributed by atoms with Crippen molar-refractivity contribution in [2.24, 2.45) is 7.05 Å². The molecular formula is C44H40BrClFN5O7S. The number of methoxy groups -OCH3 is 1. The fourth-order valence-electron chi connectivity index (χ4n) is 7.68. The Morgan fingerprint density at radius 1 is 1.03 bits per heavy atom. The van der Waals surface area contributed by atoms with E-state index in [-0.39, 0.29) is 25.6 Å². The number of halogens is 3. The number of hydrogen-bond donors (Lipinski definition) is 1. The van der Waals surface area contributed by atoms with Gasteiger partial charge in [-0.15, -0.1) is 11.8 Å². The van der Waals surface area contributed by atoms with Gasteiger partial charge in [0.15, 0.2) is 0 Å². The summed E-state index contributed by atoms with van der Waals surface area (Å²) in [5, 5.41) is 22.2. The number of hydrogen-bond acceptors (Lipinski definition) is 10. The zero-order valence-corrected chi connectivity index (χ0v) is 36.1. The lowest BCUT2D eigenvalue weighted by Crippen LogP contribution is -2.17. The van der Waals surface area contributed by atoms with Crippen LogP contribution in [0.15, 0.2) is 82.2 Å². The Bertz CT molecular complexity index is 2770. The monoisotopic (exact) mass is 915 g/mol. The number of thioether (sulfide) groups is 1. The van der Waals surface area contributed by atoms with Crippen LogP contribution in [0.3, 0.4) is 0 Å². The number of rotatable bonds is 14. The van der Waals surface area contributed by atoms with Crippen molar-refractivity contribution in [3.05, 3.63) is 128 Å². The number of carbonyl (C=O) groups excluding carboxylic acids is 2. The summed E-state index contributed by atoms with van der Waals surface area (Å²) in [6.07, 6.45) is 0.508. The second-order valence-electron chi connectivity index (χ2n) is 14.2. The molecule has 0 aliphatic carbocycles. The first-order valence-corrected chi connectivity index (χ1v) is 21.3.